The highest BCUT2D eigenvalue weighted by Gasteiger charge is 2.32. The maximum Gasteiger partial charge on any atom is 0.256 e. The summed E-state index contributed by atoms with van der Waals surface area (Å²) in [6.07, 6.45) is 6.39. The Labute approximate surface area is 146 Å². The molecular weight excluding hydrogens is 318 g/mol. The summed E-state index contributed by atoms with van der Waals surface area (Å²) in [6.45, 7) is 2.23. The van der Waals surface area contributed by atoms with Gasteiger partial charge >= 0.3 is 0 Å². The lowest BCUT2D eigenvalue weighted by atomic mass is 10.0. The van der Waals surface area contributed by atoms with E-state index in [0.29, 0.717) is 25.1 Å². The summed E-state index contributed by atoms with van der Waals surface area (Å²) in [5.74, 6) is 0.276. The molecule has 25 heavy (non-hydrogen) atoms. The van der Waals surface area contributed by atoms with Gasteiger partial charge in [-0.05, 0) is 31.4 Å². The van der Waals surface area contributed by atoms with Crippen LogP contribution in [0.1, 0.15) is 36.0 Å². The number of piperidine rings is 1. The molecule has 7 heteroatoms. The molecule has 0 radical (unpaired) electrons. The Hall–Kier alpha value is -2.70. The number of likely N-dealkylation sites (tertiary alicyclic amines) is 2. The van der Waals surface area contributed by atoms with Crippen molar-refractivity contribution in [3.05, 3.63) is 42.5 Å². The second-order valence-electron chi connectivity index (χ2n) is 6.57. The fourth-order valence-corrected chi connectivity index (χ4v) is 3.79. The molecule has 0 unspecified atom stereocenters. The lowest BCUT2D eigenvalue weighted by molar-refractivity contribution is -0.130. The van der Waals surface area contributed by atoms with Crippen LogP contribution in [0.3, 0.4) is 0 Å². The van der Waals surface area contributed by atoms with Crippen molar-refractivity contribution < 1.29 is 9.59 Å². The molecule has 0 N–H and O–H groups in total. The molecule has 1 aromatic carbocycles. The molecular formula is C18H21N5O2. The molecule has 0 bridgehead atoms. The number of hydrogen-bond acceptors (Lipinski definition) is 4. The van der Waals surface area contributed by atoms with Crippen LogP contribution in [-0.4, -0.2) is 62.1 Å². The molecule has 130 valence electrons. The second-order valence-corrected chi connectivity index (χ2v) is 6.57. The average molecular weight is 339 g/mol. The minimum Gasteiger partial charge on any atom is -0.340 e. The van der Waals surface area contributed by atoms with Crippen molar-refractivity contribution >= 4 is 11.8 Å². The summed E-state index contributed by atoms with van der Waals surface area (Å²) in [5, 5.41) is 4.14. The smallest absolute Gasteiger partial charge is 0.256 e. The standard InChI is InChI=1S/C18H21N5O2/c24-17-6-3-9-22(17)14-7-10-21(11-8-14)18(25)15-4-1-2-5-16(15)23-13-19-12-20-23/h1-2,4-5,12-14H,3,6-11H2. The first-order valence-electron chi connectivity index (χ1n) is 8.77. The van der Waals surface area contributed by atoms with Gasteiger partial charge in [-0.25, -0.2) is 9.67 Å². The van der Waals surface area contributed by atoms with Crippen molar-refractivity contribution in [3.63, 3.8) is 0 Å². The topological polar surface area (TPSA) is 71.3 Å². The van der Waals surface area contributed by atoms with Gasteiger partial charge in [-0.1, -0.05) is 12.1 Å². The average Bonchev–Trinajstić information content (AvgIpc) is 3.33. The Morgan fingerprint density at radius 1 is 1.12 bits per heavy atom. The van der Waals surface area contributed by atoms with Gasteiger partial charge in [0.2, 0.25) is 5.91 Å². The van der Waals surface area contributed by atoms with Gasteiger partial charge in [-0.15, -0.1) is 0 Å². The number of benzene rings is 1. The molecule has 2 fully saturated rings. The number of nitrogens with zero attached hydrogens (tertiary/aromatic N) is 5. The summed E-state index contributed by atoms with van der Waals surface area (Å²) in [5.41, 5.74) is 1.37. The third-order valence-corrected chi connectivity index (χ3v) is 5.10. The molecule has 2 saturated heterocycles. The van der Waals surface area contributed by atoms with Crippen LogP contribution in [0.25, 0.3) is 5.69 Å². The molecule has 4 rings (SSSR count). The molecule has 3 heterocycles. The van der Waals surface area contributed by atoms with E-state index in [0.717, 1.165) is 31.5 Å². The molecule has 0 spiro atoms. The molecule has 0 aliphatic carbocycles. The van der Waals surface area contributed by atoms with Gasteiger partial charge in [0.1, 0.15) is 12.7 Å². The summed E-state index contributed by atoms with van der Waals surface area (Å²) >= 11 is 0. The first-order valence-corrected chi connectivity index (χ1v) is 8.77. The van der Waals surface area contributed by atoms with Crippen molar-refractivity contribution in [2.45, 2.75) is 31.7 Å². The van der Waals surface area contributed by atoms with Gasteiger partial charge in [-0.2, -0.15) is 5.10 Å². The van der Waals surface area contributed by atoms with Crippen LogP contribution in [-0.2, 0) is 4.79 Å². The zero-order valence-electron chi connectivity index (χ0n) is 14.0. The fraction of sp³-hybridized carbons (Fsp3) is 0.444. The molecule has 2 amide bonds. The van der Waals surface area contributed by atoms with Crippen LogP contribution in [0, 0.1) is 0 Å². The summed E-state index contributed by atoms with van der Waals surface area (Å²) in [7, 11) is 0. The monoisotopic (exact) mass is 339 g/mol. The van der Waals surface area contributed by atoms with Gasteiger partial charge in [0.05, 0.1) is 11.3 Å². The van der Waals surface area contributed by atoms with Crippen LogP contribution in [0.5, 0.6) is 0 Å². The van der Waals surface area contributed by atoms with E-state index in [1.54, 1.807) is 11.0 Å². The highest BCUT2D eigenvalue weighted by atomic mass is 16.2. The number of carbonyl (C=O) groups excluding carboxylic acids is 2. The molecule has 7 nitrogen and oxygen atoms in total. The summed E-state index contributed by atoms with van der Waals surface area (Å²) in [6, 6.07) is 7.74. The van der Waals surface area contributed by atoms with E-state index in [2.05, 4.69) is 10.1 Å². The van der Waals surface area contributed by atoms with Gasteiger partial charge in [0.25, 0.3) is 5.91 Å². The van der Waals surface area contributed by atoms with Gasteiger partial charge < -0.3 is 9.80 Å². The Morgan fingerprint density at radius 2 is 1.92 bits per heavy atom. The van der Waals surface area contributed by atoms with Gasteiger partial charge in [0, 0.05) is 32.1 Å². The van der Waals surface area contributed by atoms with Crippen LogP contribution in [0.4, 0.5) is 0 Å². The minimum atomic E-state index is 0.0114. The highest BCUT2D eigenvalue weighted by Crippen LogP contribution is 2.24. The van der Waals surface area contributed by atoms with E-state index in [-0.39, 0.29) is 17.9 Å². The lowest BCUT2D eigenvalue weighted by Crippen LogP contribution is -2.47. The van der Waals surface area contributed by atoms with E-state index >= 15 is 0 Å². The number of carbonyl (C=O) groups is 2. The minimum absolute atomic E-state index is 0.0114. The summed E-state index contributed by atoms with van der Waals surface area (Å²) < 4.78 is 1.61. The Morgan fingerprint density at radius 3 is 2.60 bits per heavy atom. The number of aromatic nitrogens is 3. The zero-order valence-corrected chi connectivity index (χ0v) is 14.0. The Kier molecular flexibility index (Phi) is 4.21. The summed E-state index contributed by atoms with van der Waals surface area (Å²) in [4.78, 5) is 32.8. The SMILES string of the molecule is O=C(c1ccccc1-n1cncn1)N1CCC(N2CCCC2=O)CC1. The Bertz CT molecular complexity index is 766. The molecule has 2 aromatic rings. The molecule has 0 atom stereocenters. The quantitative estimate of drug-likeness (QED) is 0.849. The third-order valence-electron chi connectivity index (χ3n) is 5.10. The first kappa shape index (κ1) is 15.8. The molecule has 2 aliphatic rings. The van der Waals surface area contributed by atoms with E-state index in [9.17, 15) is 9.59 Å². The van der Waals surface area contributed by atoms with E-state index < -0.39 is 0 Å². The normalized spacial score (nSPS) is 18.8. The van der Waals surface area contributed by atoms with E-state index in [1.165, 1.54) is 6.33 Å². The van der Waals surface area contributed by atoms with Crippen molar-refractivity contribution in [2.75, 3.05) is 19.6 Å². The molecule has 2 aliphatic heterocycles. The van der Waals surface area contributed by atoms with Crippen LogP contribution in [0.2, 0.25) is 0 Å². The van der Waals surface area contributed by atoms with Gasteiger partial charge in [-0.3, -0.25) is 9.59 Å². The fourth-order valence-electron chi connectivity index (χ4n) is 3.79. The van der Waals surface area contributed by atoms with Crippen LogP contribution < -0.4 is 0 Å². The largest absolute Gasteiger partial charge is 0.340 e. The number of para-hydroxylation sites is 1. The Balaban J connectivity index is 1.47. The zero-order chi connectivity index (χ0) is 17.2. The van der Waals surface area contributed by atoms with Crippen molar-refractivity contribution in [3.8, 4) is 5.69 Å². The van der Waals surface area contributed by atoms with E-state index in [4.69, 9.17) is 0 Å². The maximum absolute atomic E-state index is 13.0. The second kappa shape index (κ2) is 6.66. The third kappa shape index (κ3) is 3.01. The predicted octanol–water partition coefficient (Wildman–Crippen LogP) is 1.49. The predicted molar refractivity (Wildman–Crippen MR) is 91.2 cm³/mol. The van der Waals surface area contributed by atoms with Crippen molar-refractivity contribution in [1.29, 1.82) is 0 Å². The molecule has 0 saturated carbocycles. The maximum atomic E-state index is 13.0. The number of amides is 2. The number of hydrogen-bond donors (Lipinski definition) is 0. The first-order chi connectivity index (χ1) is 12.2. The van der Waals surface area contributed by atoms with Crippen molar-refractivity contribution in [1.82, 2.24) is 24.6 Å². The lowest BCUT2D eigenvalue weighted by Gasteiger charge is -2.36. The molecule has 1 aromatic heterocycles. The number of rotatable bonds is 3. The van der Waals surface area contributed by atoms with Crippen molar-refractivity contribution in [2.24, 2.45) is 0 Å². The van der Waals surface area contributed by atoms with Crippen LogP contribution in [0.15, 0.2) is 36.9 Å². The van der Waals surface area contributed by atoms with Gasteiger partial charge in [0.15, 0.2) is 0 Å². The highest BCUT2D eigenvalue weighted by molar-refractivity contribution is 5.97. The van der Waals surface area contributed by atoms with Crippen LogP contribution >= 0.6 is 0 Å². The van der Waals surface area contributed by atoms with E-state index in [1.807, 2.05) is 34.1 Å².